The van der Waals surface area contributed by atoms with Crippen LogP contribution in [0, 0.1) is 5.92 Å². The number of carbonyl (C=O) groups is 1. The third kappa shape index (κ3) is 4.24. The lowest BCUT2D eigenvalue weighted by atomic mass is 10.0. The molecule has 0 bridgehead atoms. The zero-order valence-corrected chi connectivity index (χ0v) is 12.5. The number of nitrogens with zero attached hydrogens (tertiary/aromatic N) is 1. The Bertz CT molecular complexity index is 392. The number of nitrogens with one attached hydrogen (secondary N) is 1. The molecule has 0 aromatic heterocycles. The lowest BCUT2D eigenvalue weighted by Crippen LogP contribution is -2.39. The van der Waals surface area contributed by atoms with Crippen molar-refractivity contribution in [2.75, 3.05) is 18.6 Å². The Morgan fingerprint density at radius 2 is 2.00 bits per heavy atom. The first kappa shape index (κ1) is 15.4. The van der Waals surface area contributed by atoms with E-state index in [-0.39, 0.29) is 30.4 Å². The summed E-state index contributed by atoms with van der Waals surface area (Å²) in [6, 6.07) is -0.158. The number of hydrogen-bond acceptors (Lipinski definition) is 4. The molecule has 1 fully saturated rings. The maximum Gasteiger partial charge on any atom is 0.241 e. The highest BCUT2D eigenvalue weighted by Crippen LogP contribution is 2.18. The second-order valence-electron chi connectivity index (χ2n) is 5.43. The van der Waals surface area contributed by atoms with Gasteiger partial charge in [-0.2, -0.15) is 0 Å². The lowest BCUT2D eigenvalue weighted by molar-refractivity contribution is -0.130. The number of hydrogen-bond donors (Lipinski definition) is 1. The van der Waals surface area contributed by atoms with Crippen molar-refractivity contribution in [1.82, 2.24) is 10.2 Å². The minimum Gasteiger partial charge on any atom is -0.325 e. The number of rotatable bonds is 6. The van der Waals surface area contributed by atoms with Crippen molar-refractivity contribution in [3.63, 3.8) is 0 Å². The molecule has 1 saturated heterocycles. The molecule has 1 aliphatic rings. The van der Waals surface area contributed by atoms with E-state index in [4.69, 9.17) is 0 Å². The SMILES string of the molecule is CCC1NC(CC(C)C)C(=O)N1CCS(C)(=O)=O. The van der Waals surface area contributed by atoms with E-state index in [0.29, 0.717) is 5.92 Å². The van der Waals surface area contributed by atoms with Crippen LogP contribution in [0.1, 0.15) is 33.6 Å². The van der Waals surface area contributed by atoms with Crippen LogP contribution in [0.5, 0.6) is 0 Å². The van der Waals surface area contributed by atoms with E-state index in [1.807, 2.05) is 6.92 Å². The molecule has 2 unspecified atom stereocenters. The summed E-state index contributed by atoms with van der Waals surface area (Å²) >= 11 is 0. The lowest BCUT2D eigenvalue weighted by Gasteiger charge is -2.22. The van der Waals surface area contributed by atoms with E-state index in [1.165, 1.54) is 6.26 Å². The van der Waals surface area contributed by atoms with Gasteiger partial charge in [0.2, 0.25) is 5.91 Å². The standard InChI is InChI=1S/C12H24N2O3S/c1-5-11-13-10(8-9(2)3)12(15)14(11)6-7-18(4,16)17/h9-11,13H,5-8H2,1-4H3. The first-order valence-electron chi connectivity index (χ1n) is 6.48. The van der Waals surface area contributed by atoms with Crippen LogP contribution >= 0.6 is 0 Å². The molecule has 18 heavy (non-hydrogen) atoms. The molecule has 0 spiro atoms. The quantitative estimate of drug-likeness (QED) is 0.772. The third-order valence-corrected chi connectivity index (χ3v) is 4.07. The van der Waals surface area contributed by atoms with Crippen molar-refractivity contribution in [3.05, 3.63) is 0 Å². The predicted octanol–water partition coefficient (Wildman–Crippen LogP) is 0.614. The smallest absolute Gasteiger partial charge is 0.241 e. The van der Waals surface area contributed by atoms with Gasteiger partial charge in [-0.3, -0.25) is 10.1 Å². The number of amides is 1. The van der Waals surface area contributed by atoms with Crippen molar-refractivity contribution < 1.29 is 13.2 Å². The fourth-order valence-corrected chi connectivity index (χ4v) is 2.78. The van der Waals surface area contributed by atoms with Crippen LogP contribution in [0.3, 0.4) is 0 Å². The van der Waals surface area contributed by atoms with Gasteiger partial charge >= 0.3 is 0 Å². The van der Waals surface area contributed by atoms with E-state index < -0.39 is 9.84 Å². The molecular formula is C12H24N2O3S. The molecule has 0 radical (unpaired) electrons. The summed E-state index contributed by atoms with van der Waals surface area (Å²) in [6.07, 6.45) is 2.77. The normalized spacial score (nSPS) is 25.2. The molecular weight excluding hydrogens is 252 g/mol. The van der Waals surface area contributed by atoms with E-state index in [1.54, 1.807) is 4.90 Å². The maximum absolute atomic E-state index is 12.2. The van der Waals surface area contributed by atoms with E-state index in [9.17, 15) is 13.2 Å². The molecule has 6 heteroatoms. The van der Waals surface area contributed by atoms with Crippen molar-refractivity contribution in [2.24, 2.45) is 5.92 Å². The fraction of sp³-hybridized carbons (Fsp3) is 0.917. The first-order chi connectivity index (χ1) is 8.24. The van der Waals surface area contributed by atoms with Gasteiger partial charge in [0.25, 0.3) is 0 Å². The summed E-state index contributed by atoms with van der Waals surface area (Å²) in [4.78, 5) is 13.9. The minimum absolute atomic E-state index is 0.0250. The summed E-state index contributed by atoms with van der Waals surface area (Å²) < 4.78 is 22.4. The average molecular weight is 276 g/mol. The second kappa shape index (κ2) is 6.02. The van der Waals surface area contributed by atoms with Gasteiger partial charge in [0.1, 0.15) is 9.84 Å². The van der Waals surface area contributed by atoms with Gasteiger partial charge in [-0.05, 0) is 18.8 Å². The summed E-state index contributed by atoms with van der Waals surface area (Å²) in [6.45, 7) is 6.44. The topological polar surface area (TPSA) is 66.5 Å². The molecule has 106 valence electrons. The first-order valence-corrected chi connectivity index (χ1v) is 8.55. The molecule has 1 aliphatic heterocycles. The monoisotopic (exact) mass is 276 g/mol. The van der Waals surface area contributed by atoms with E-state index in [0.717, 1.165) is 12.8 Å². The van der Waals surface area contributed by atoms with Crippen LogP contribution in [0.2, 0.25) is 0 Å². The molecule has 0 aromatic rings. The number of carbonyl (C=O) groups excluding carboxylic acids is 1. The highest BCUT2D eigenvalue weighted by molar-refractivity contribution is 7.90. The summed E-state index contributed by atoms with van der Waals surface area (Å²) in [7, 11) is -3.03. The van der Waals surface area contributed by atoms with Crippen molar-refractivity contribution >= 4 is 15.7 Å². The molecule has 1 amide bonds. The summed E-state index contributed by atoms with van der Waals surface area (Å²) in [5, 5.41) is 3.29. The third-order valence-electron chi connectivity index (χ3n) is 3.15. The molecule has 0 saturated carbocycles. The zero-order valence-electron chi connectivity index (χ0n) is 11.6. The second-order valence-corrected chi connectivity index (χ2v) is 7.69. The van der Waals surface area contributed by atoms with Gasteiger partial charge in [0, 0.05) is 12.8 Å². The Labute approximate surface area is 110 Å². The van der Waals surface area contributed by atoms with Crippen LogP contribution in [0.25, 0.3) is 0 Å². The average Bonchev–Trinajstić information content (AvgIpc) is 2.51. The van der Waals surface area contributed by atoms with Gasteiger partial charge in [-0.25, -0.2) is 8.42 Å². The van der Waals surface area contributed by atoms with Gasteiger partial charge in [-0.15, -0.1) is 0 Å². The van der Waals surface area contributed by atoms with Crippen LogP contribution in [-0.4, -0.2) is 50.0 Å². The largest absolute Gasteiger partial charge is 0.325 e. The molecule has 0 aromatic carbocycles. The zero-order chi connectivity index (χ0) is 13.9. The minimum atomic E-state index is -3.03. The Hall–Kier alpha value is -0.620. The predicted molar refractivity (Wildman–Crippen MR) is 71.9 cm³/mol. The Morgan fingerprint density at radius 3 is 2.44 bits per heavy atom. The summed E-state index contributed by atoms with van der Waals surface area (Å²) in [5.74, 6) is 0.517. The van der Waals surface area contributed by atoms with Crippen molar-refractivity contribution in [1.29, 1.82) is 0 Å². The van der Waals surface area contributed by atoms with Gasteiger partial charge < -0.3 is 4.90 Å². The molecule has 2 atom stereocenters. The van der Waals surface area contributed by atoms with Gasteiger partial charge in [-0.1, -0.05) is 20.8 Å². The van der Waals surface area contributed by atoms with Crippen molar-refractivity contribution in [2.45, 2.75) is 45.8 Å². The summed E-state index contributed by atoms with van der Waals surface area (Å²) in [5.41, 5.74) is 0. The highest BCUT2D eigenvalue weighted by Gasteiger charge is 2.37. The van der Waals surface area contributed by atoms with Crippen LogP contribution in [0.15, 0.2) is 0 Å². The molecule has 1 rings (SSSR count). The Morgan fingerprint density at radius 1 is 1.39 bits per heavy atom. The molecule has 5 nitrogen and oxygen atoms in total. The van der Waals surface area contributed by atoms with Crippen molar-refractivity contribution in [3.8, 4) is 0 Å². The molecule has 1 heterocycles. The van der Waals surface area contributed by atoms with Crippen LogP contribution in [0.4, 0.5) is 0 Å². The Balaban J connectivity index is 2.68. The van der Waals surface area contributed by atoms with E-state index >= 15 is 0 Å². The fourth-order valence-electron chi connectivity index (χ4n) is 2.26. The van der Waals surface area contributed by atoms with Crippen LogP contribution in [-0.2, 0) is 14.6 Å². The molecule has 1 N–H and O–H groups in total. The highest BCUT2D eigenvalue weighted by atomic mass is 32.2. The molecule has 0 aliphatic carbocycles. The van der Waals surface area contributed by atoms with E-state index in [2.05, 4.69) is 19.2 Å². The Kier molecular flexibility index (Phi) is 5.16. The van der Waals surface area contributed by atoms with Gasteiger partial charge in [0.15, 0.2) is 0 Å². The van der Waals surface area contributed by atoms with Crippen LogP contribution < -0.4 is 5.32 Å². The maximum atomic E-state index is 12.2. The van der Waals surface area contributed by atoms with Gasteiger partial charge in [0.05, 0.1) is 18.0 Å². The number of sulfone groups is 1.